The first-order chi connectivity index (χ1) is 13.3. The molecule has 0 radical (unpaired) electrons. The Labute approximate surface area is 171 Å². The van der Waals surface area contributed by atoms with E-state index in [1.807, 2.05) is 4.57 Å². The maximum Gasteiger partial charge on any atom is 0.416 e. The second-order valence-corrected chi connectivity index (χ2v) is 7.09. The number of nitrogens with zero attached hydrogens (tertiary/aromatic N) is 3. The number of fused-ring (bicyclic) bond motifs is 3. The van der Waals surface area contributed by atoms with Gasteiger partial charge in [0.15, 0.2) is 11.0 Å². The number of non-ortho nitro benzene ring substituents is 1. The van der Waals surface area contributed by atoms with E-state index in [4.69, 9.17) is 0 Å². The van der Waals surface area contributed by atoms with E-state index in [1.54, 1.807) is 18.2 Å². The van der Waals surface area contributed by atoms with E-state index in [9.17, 15) is 23.3 Å². The molecule has 2 aromatic carbocycles. The Kier molecular flexibility index (Phi) is 5.84. The maximum atomic E-state index is 13.3. The molecule has 1 aliphatic rings. The molecule has 5 nitrogen and oxygen atoms in total. The monoisotopic (exact) mass is 425 g/mol. The third-order valence-corrected chi connectivity index (χ3v) is 5.28. The lowest BCUT2D eigenvalue weighted by Crippen LogP contribution is -3.00. The molecule has 4 rings (SSSR count). The normalized spacial score (nSPS) is 14.2. The van der Waals surface area contributed by atoms with Crippen LogP contribution in [0, 0.1) is 10.1 Å². The molecule has 0 saturated heterocycles. The number of alkyl halides is 3. The third-order valence-electron chi connectivity index (χ3n) is 5.28. The number of aryl methyl sites for hydroxylation is 1. The molecule has 0 aliphatic carbocycles. The minimum absolute atomic E-state index is 0. The summed E-state index contributed by atoms with van der Waals surface area (Å²) in [5.74, 6) is 1.00. The van der Waals surface area contributed by atoms with E-state index in [2.05, 4.69) is 4.57 Å². The summed E-state index contributed by atoms with van der Waals surface area (Å²) >= 11 is 0. The standard InChI is InChI=1S/C20H19F3N3O2.ClH/c21-20(22,23)15-7-10-17-18(12-15)25(19-4-2-1-3-11-24(17)19)13-14-5-8-16(9-6-14)26(27)28;/h5-10,12H,1-4,11,13H2;1H/q+1;/p-1. The summed E-state index contributed by atoms with van der Waals surface area (Å²) in [4.78, 5) is 10.4. The molecule has 9 heteroatoms. The van der Waals surface area contributed by atoms with Crippen molar-refractivity contribution >= 4 is 16.7 Å². The number of halogens is 4. The van der Waals surface area contributed by atoms with Gasteiger partial charge >= 0.3 is 6.18 Å². The van der Waals surface area contributed by atoms with Crippen LogP contribution in [0.1, 0.15) is 36.2 Å². The van der Waals surface area contributed by atoms with Crippen LogP contribution in [-0.4, -0.2) is 9.49 Å². The average molecular weight is 426 g/mol. The molecule has 0 unspecified atom stereocenters. The Balaban J connectivity index is 0.00000240. The first kappa shape index (κ1) is 21.1. The molecular formula is C20H19ClF3N3O2. The smallest absolute Gasteiger partial charge is 0.416 e. The largest absolute Gasteiger partial charge is 1.00 e. The minimum Gasteiger partial charge on any atom is -1.00 e. The number of hydrogen-bond acceptors (Lipinski definition) is 2. The van der Waals surface area contributed by atoms with Crippen molar-refractivity contribution in [3.63, 3.8) is 0 Å². The average Bonchev–Trinajstić information content (AvgIpc) is 2.81. The van der Waals surface area contributed by atoms with Gasteiger partial charge in [-0.25, -0.2) is 9.13 Å². The van der Waals surface area contributed by atoms with Gasteiger partial charge in [0, 0.05) is 24.6 Å². The summed E-state index contributed by atoms with van der Waals surface area (Å²) in [7, 11) is 0. The van der Waals surface area contributed by atoms with Crippen molar-refractivity contribution in [2.75, 3.05) is 0 Å². The number of nitro groups is 1. The Bertz CT molecular complexity index is 1050. The molecule has 3 aromatic rings. The molecule has 154 valence electrons. The van der Waals surface area contributed by atoms with Crippen molar-refractivity contribution in [1.29, 1.82) is 0 Å². The van der Waals surface area contributed by atoms with Gasteiger partial charge in [-0.1, -0.05) is 0 Å². The van der Waals surface area contributed by atoms with E-state index in [0.717, 1.165) is 55.2 Å². The number of hydrogen-bond donors (Lipinski definition) is 0. The van der Waals surface area contributed by atoms with Crippen LogP contribution >= 0.6 is 0 Å². The summed E-state index contributed by atoms with van der Waals surface area (Å²) in [5.41, 5.74) is 1.48. The van der Waals surface area contributed by atoms with E-state index in [0.29, 0.717) is 12.1 Å². The highest BCUT2D eigenvalue weighted by Gasteiger charge is 2.34. The number of benzene rings is 2. The molecule has 0 spiro atoms. The fourth-order valence-electron chi connectivity index (χ4n) is 3.90. The zero-order chi connectivity index (χ0) is 19.9. The predicted octanol–water partition coefficient (Wildman–Crippen LogP) is 1.63. The van der Waals surface area contributed by atoms with Crippen LogP contribution in [0.25, 0.3) is 11.0 Å². The fraction of sp³-hybridized carbons (Fsp3) is 0.350. The predicted molar refractivity (Wildman–Crippen MR) is 96.9 cm³/mol. The summed E-state index contributed by atoms with van der Waals surface area (Å²) in [6.07, 6.45) is -0.541. The minimum atomic E-state index is -4.40. The maximum absolute atomic E-state index is 13.3. The summed E-state index contributed by atoms with van der Waals surface area (Å²) in [6, 6.07) is 10.1. The topological polar surface area (TPSA) is 52.0 Å². The quantitative estimate of drug-likeness (QED) is 0.364. The first-order valence-corrected chi connectivity index (χ1v) is 9.20. The second kappa shape index (κ2) is 8.02. The van der Waals surface area contributed by atoms with Crippen molar-refractivity contribution in [1.82, 2.24) is 4.57 Å². The van der Waals surface area contributed by atoms with Gasteiger partial charge in [0.05, 0.1) is 17.0 Å². The van der Waals surface area contributed by atoms with Crippen LogP contribution in [0.15, 0.2) is 42.5 Å². The lowest BCUT2D eigenvalue weighted by atomic mass is 10.1. The van der Waals surface area contributed by atoms with E-state index in [1.165, 1.54) is 18.2 Å². The molecule has 0 saturated carbocycles. The zero-order valence-corrected chi connectivity index (χ0v) is 16.2. The molecular weight excluding hydrogens is 407 g/mol. The van der Waals surface area contributed by atoms with Crippen LogP contribution in [0.4, 0.5) is 18.9 Å². The van der Waals surface area contributed by atoms with Gasteiger partial charge in [-0.05, 0) is 49.1 Å². The first-order valence-electron chi connectivity index (χ1n) is 9.20. The molecule has 0 fully saturated rings. The Hall–Kier alpha value is -2.61. The van der Waals surface area contributed by atoms with Crippen LogP contribution in [0.5, 0.6) is 0 Å². The van der Waals surface area contributed by atoms with Crippen LogP contribution < -0.4 is 17.0 Å². The summed E-state index contributed by atoms with van der Waals surface area (Å²) in [6.45, 7) is 1.16. The summed E-state index contributed by atoms with van der Waals surface area (Å²) < 4.78 is 43.8. The van der Waals surface area contributed by atoms with Crippen LogP contribution in [0.2, 0.25) is 0 Å². The number of imidazole rings is 1. The van der Waals surface area contributed by atoms with Crippen molar-refractivity contribution in [3.8, 4) is 0 Å². The second-order valence-electron chi connectivity index (χ2n) is 7.09. The number of nitro benzene ring substituents is 1. The van der Waals surface area contributed by atoms with Gasteiger partial charge < -0.3 is 12.4 Å². The zero-order valence-electron chi connectivity index (χ0n) is 15.5. The van der Waals surface area contributed by atoms with E-state index in [-0.39, 0.29) is 18.1 Å². The van der Waals surface area contributed by atoms with E-state index < -0.39 is 16.7 Å². The lowest BCUT2D eigenvalue weighted by Gasteiger charge is -2.06. The van der Waals surface area contributed by atoms with Gasteiger partial charge in [0.25, 0.3) is 11.5 Å². The van der Waals surface area contributed by atoms with Gasteiger partial charge in [-0.3, -0.25) is 10.1 Å². The number of aromatic nitrogens is 2. The van der Waals surface area contributed by atoms with Crippen molar-refractivity contribution in [3.05, 3.63) is 69.5 Å². The highest BCUT2D eigenvalue weighted by atomic mass is 35.5. The van der Waals surface area contributed by atoms with Crippen molar-refractivity contribution in [2.24, 2.45) is 0 Å². The SMILES string of the molecule is O=[N+]([O-])c1ccc(Cn2c3[n+](c4ccc(C(F)(F)F)cc42)CCCCC3)cc1.[Cl-]. The van der Waals surface area contributed by atoms with Crippen LogP contribution in [0.3, 0.4) is 0 Å². The highest BCUT2D eigenvalue weighted by Crippen LogP contribution is 2.32. The van der Waals surface area contributed by atoms with Gasteiger partial charge in [-0.2, -0.15) is 13.2 Å². The van der Waals surface area contributed by atoms with Crippen molar-refractivity contribution < 1.29 is 35.1 Å². The molecule has 0 amide bonds. The number of rotatable bonds is 3. The molecule has 2 heterocycles. The highest BCUT2D eigenvalue weighted by molar-refractivity contribution is 5.74. The molecule has 0 N–H and O–H groups in total. The summed E-state index contributed by atoms with van der Waals surface area (Å²) in [5, 5.41) is 10.9. The van der Waals surface area contributed by atoms with E-state index >= 15 is 0 Å². The van der Waals surface area contributed by atoms with Gasteiger partial charge in [-0.15, -0.1) is 0 Å². The Morgan fingerprint density at radius 2 is 1.79 bits per heavy atom. The molecule has 1 aromatic heterocycles. The Morgan fingerprint density at radius 1 is 1.07 bits per heavy atom. The van der Waals surface area contributed by atoms with Crippen molar-refractivity contribution in [2.45, 2.75) is 44.9 Å². The molecule has 0 atom stereocenters. The fourth-order valence-corrected chi connectivity index (χ4v) is 3.90. The molecule has 1 aliphatic heterocycles. The van der Waals surface area contributed by atoms with Gasteiger partial charge in [0.1, 0.15) is 6.54 Å². The molecule has 29 heavy (non-hydrogen) atoms. The Morgan fingerprint density at radius 3 is 2.45 bits per heavy atom. The third kappa shape index (κ3) is 4.07. The van der Waals surface area contributed by atoms with Gasteiger partial charge in [0.2, 0.25) is 0 Å². The molecule has 0 bridgehead atoms. The van der Waals surface area contributed by atoms with Crippen LogP contribution in [-0.2, 0) is 25.7 Å². The lowest BCUT2D eigenvalue weighted by molar-refractivity contribution is -0.678.